The molecule has 2 aliphatic rings. The van der Waals surface area contributed by atoms with E-state index in [1.165, 1.54) is 16.2 Å². The highest BCUT2D eigenvalue weighted by Crippen LogP contribution is 2.27. The van der Waals surface area contributed by atoms with Gasteiger partial charge in [0, 0.05) is 25.2 Å². The van der Waals surface area contributed by atoms with Crippen molar-refractivity contribution in [2.75, 3.05) is 6.54 Å². The lowest BCUT2D eigenvalue weighted by atomic mass is 9.85. The van der Waals surface area contributed by atoms with Crippen LogP contribution in [0.2, 0.25) is 0 Å². The summed E-state index contributed by atoms with van der Waals surface area (Å²) < 4.78 is 2.37. The van der Waals surface area contributed by atoms with Crippen LogP contribution >= 0.6 is 11.3 Å². The Labute approximate surface area is 308 Å². The minimum atomic E-state index is -1.35. The number of aliphatic hydroxyl groups is 1. The second kappa shape index (κ2) is 16.6. The Balaban J connectivity index is 0.000000293. The lowest BCUT2D eigenvalue weighted by molar-refractivity contribution is -0.143. The van der Waals surface area contributed by atoms with E-state index in [-0.39, 0.29) is 23.4 Å². The number of H-pyrrole nitrogens is 1. The van der Waals surface area contributed by atoms with Crippen molar-refractivity contribution in [3.63, 3.8) is 0 Å². The molecule has 3 aromatic rings. The van der Waals surface area contributed by atoms with E-state index in [2.05, 4.69) is 36.3 Å². The predicted molar refractivity (Wildman–Crippen MR) is 201 cm³/mol. The first-order valence-electron chi connectivity index (χ1n) is 17.9. The van der Waals surface area contributed by atoms with Crippen LogP contribution in [0.3, 0.4) is 0 Å². The van der Waals surface area contributed by atoms with E-state index < -0.39 is 47.1 Å². The van der Waals surface area contributed by atoms with Gasteiger partial charge in [0.1, 0.15) is 22.5 Å². The lowest BCUT2D eigenvalue weighted by Gasteiger charge is -2.36. The van der Waals surface area contributed by atoms with Crippen LogP contribution in [-0.4, -0.2) is 95.9 Å². The molecule has 4 heterocycles. The summed E-state index contributed by atoms with van der Waals surface area (Å²) in [6.07, 6.45) is 4.44. The van der Waals surface area contributed by atoms with Gasteiger partial charge in [0.25, 0.3) is 11.5 Å². The van der Waals surface area contributed by atoms with Gasteiger partial charge in [0.05, 0.1) is 17.8 Å². The highest BCUT2D eigenvalue weighted by Gasteiger charge is 2.43. The number of likely N-dealkylation sites (tertiary alicyclic amines) is 1. The normalized spacial score (nSPS) is 17.8. The molecule has 5 amide bonds. The Hall–Kier alpha value is -4.31. The summed E-state index contributed by atoms with van der Waals surface area (Å²) in [6, 6.07) is -0.783. The summed E-state index contributed by atoms with van der Waals surface area (Å²) in [4.78, 5) is 72.4. The van der Waals surface area contributed by atoms with Crippen LogP contribution in [0.5, 0.6) is 0 Å². The van der Waals surface area contributed by atoms with E-state index in [0.717, 1.165) is 29.6 Å². The third-order valence-corrected chi connectivity index (χ3v) is 9.78. The fraction of sp³-hybridized carbons (Fsp3) is 0.639. The molecule has 1 aliphatic heterocycles. The number of hydrogen-bond donors (Lipinski definition) is 6. The maximum absolute atomic E-state index is 13.6. The summed E-state index contributed by atoms with van der Waals surface area (Å²) >= 11 is 1.40. The van der Waals surface area contributed by atoms with Gasteiger partial charge < -0.3 is 36.3 Å². The molecule has 2 unspecified atom stereocenters. The van der Waals surface area contributed by atoms with Gasteiger partial charge >= 0.3 is 6.03 Å². The quantitative estimate of drug-likeness (QED) is 0.182. The maximum Gasteiger partial charge on any atom is 0.315 e. The van der Waals surface area contributed by atoms with E-state index >= 15 is 0 Å². The first-order chi connectivity index (χ1) is 24.3. The third kappa shape index (κ3) is 10.4. The standard InChI is InChI=1S/C25H45N5O5.C11H10N4OS/c1-8-10-16(18(31)21(33)26-15-12-13-15)27-20(32)17-11-9-14-30(17)22(34)19(24(2,3)4)28-23(35)29-25(5,6)7;1-6-5-12-15(2)8(6)10-13-7-3-4-17-9(7)11(16)14-10/h15-19,31H,8-14H2,1-7H3,(H,26,33)(H,27,32)(H2,28,29,35);3-5H,1-2H3,(H,13,14,16)/t16-,17?,18?,19+;/m0./s1. The van der Waals surface area contributed by atoms with Crippen molar-refractivity contribution in [2.24, 2.45) is 12.5 Å². The molecule has 1 aliphatic carbocycles. The smallest absolute Gasteiger partial charge is 0.315 e. The number of aliphatic hydroxyl groups excluding tert-OH is 1. The lowest BCUT2D eigenvalue weighted by Crippen LogP contribution is -2.61. The predicted octanol–water partition coefficient (Wildman–Crippen LogP) is 3.11. The summed E-state index contributed by atoms with van der Waals surface area (Å²) in [5.74, 6) is -0.622. The topological polar surface area (TPSA) is 203 Å². The number of carbonyl (C=O) groups excluding carboxylic acids is 4. The van der Waals surface area contributed by atoms with Gasteiger partial charge in [-0.1, -0.05) is 34.1 Å². The summed E-state index contributed by atoms with van der Waals surface area (Å²) in [7, 11) is 1.83. The molecular weight excluding hydrogens is 687 g/mol. The molecule has 5 rings (SSSR count). The minimum Gasteiger partial charge on any atom is -0.381 e. The number of fused-ring (bicyclic) bond motifs is 1. The summed E-state index contributed by atoms with van der Waals surface area (Å²) in [5.41, 5.74) is 1.42. The molecule has 286 valence electrons. The van der Waals surface area contributed by atoms with E-state index in [1.807, 2.05) is 73.9 Å². The number of nitrogens with zero attached hydrogens (tertiary/aromatic N) is 4. The fourth-order valence-corrected chi connectivity index (χ4v) is 6.82. The molecular formula is C36H55N9O6S. The number of carbonyl (C=O) groups is 4. The van der Waals surface area contributed by atoms with E-state index in [1.54, 1.807) is 10.9 Å². The van der Waals surface area contributed by atoms with Crippen LogP contribution in [0.25, 0.3) is 21.7 Å². The highest BCUT2D eigenvalue weighted by atomic mass is 32.1. The average molecular weight is 742 g/mol. The monoisotopic (exact) mass is 741 g/mol. The van der Waals surface area contributed by atoms with Crippen molar-refractivity contribution in [1.82, 2.24) is 45.9 Å². The molecule has 0 bridgehead atoms. The largest absolute Gasteiger partial charge is 0.381 e. The second-order valence-corrected chi connectivity index (χ2v) is 16.7. The van der Waals surface area contributed by atoms with Crippen LogP contribution < -0.4 is 26.8 Å². The number of aryl methyl sites for hydroxylation is 2. The minimum absolute atomic E-state index is 0.0967. The van der Waals surface area contributed by atoms with E-state index in [9.17, 15) is 29.1 Å². The van der Waals surface area contributed by atoms with Crippen molar-refractivity contribution in [2.45, 2.75) is 130 Å². The molecule has 0 spiro atoms. The molecule has 0 aromatic carbocycles. The Morgan fingerprint density at radius 2 is 1.79 bits per heavy atom. The van der Waals surface area contributed by atoms with Gasteiger partial charge in [0.2, 0.25) is 11.8 Å². The second-order valence-electron chi connectivity index (χ2n) is 15.8. The Morgan fingerprint density at radius 3 is 2.37 bits per heavy atom. The molecule has 52 heavy (non-hydrogen) atoms. The number of nitrogens with one attached hydrogen (secondary N) is 5. The number of hydrogen-bond acceptors (Lipinski definition) is 9. The van der Waals surface area contributed by atoms with Gasteiger partial charge in [-0.15, -0.1) is 11.3 Å². The zero-order valence-electron chi connectivity index (χ0n) is 31.8. The van der Waals surface area contributed by atoms with Crippen molar-refractivity contribution in [3.05, 3.63) is 33.6 Å². The van der Waals surface area contributed by atoms with Crippen molar-refractivity contribution in [3.8, 4) is 11.5 Å². The summed E-state index contributed by atoms with van der Waals surface area (Å²) in [5, 5.41) is 27.8. The molecule has 15 nitrogen and oxygen atoms in total. The molecule has 3 aromatic heterocycles. The van der Waals surface area contributed by atoms with Crippen molar-refractivity contribution >= 4 is 45.3 Å². The molecule has 0 radical (unpaired) electrons. The van der Waals surface area contributed by atoms with Crippen LogP contribution in [0.1, 0.15) is 92.6 Å². The SMILES string of the molecule is CCC[C@H](NC(=O)C1CCCN1C(=O)[C@@H](NC(=O)NC(C)(C)C)C(C)(C)C)C(O)C(=O)NC1CC1.Cc1cnn(C)c1-c1nc2ccsc2c(=O)[nH]1. The Kier molecular flexibility index (Phi) is 12.9. The van der Waals surface area contributed by atoms with Crippen LogP contribution in [-0.2, 0) is 21.4 Å². The zero-order chi connectivity index (χ0) is 38.5. The molecule has 16 heteroatoms. The molecule has 2 fully saturated rings. The number of amides is 5. The highest BCUT2D eigenvalue weighted by molar-refractivity contribution is 7.17. The van der Waals surface area contributed by atoms with Crippen molar-refractivity contribution < 1.29 is 24.3 Å². The van der Waals surface area contributed by atoms with Crippen LogP contribution in [0.4, 0.5) is 4.79 Å². The molecule has 1 saturated heterocycles. The Morgan fingerprint density at radius 1 is 1.10 bits per heavy atom. The summed E-state index contributed by atoms with van der Waals surface area (Å²) in [6.45, 7) is 15.4. The average Bonchev–Trinajstić information content (AvgIpc) is 3.38. The van der Waals surface area contributed by atoms with E-state index in [0.29, 0.717) is 42.8 Å². The number of aromatic nitrogens is 4. The first kappa shape index (κ1) is 40.5. The number of thiophene rings is 1. The fourth-order valence-electron chi connectivity index (χ4n) is 6.09. The van der Waals surface area contributed by atoms with Crippen molar-refractivity contribution in [1.29, 1.82) is 0 Å². The van der Waals surface area contributed by atoms with Gasteiger partial charge in [0.15, 0.2) is 11.9 Å². The number of aromatic amines is 1. The van der Waals surface area contributed by atoms with Crippen LogP contribution in [0.15, 0.2) is 22.4 Å². The first-order valence-corrected chi connectivity index (χ1v) is 18.8. The molecule has 1 saturated carbocycles. The maximum atomic E-state index is 13.6. The molecule has 4 atom stereocenters. The zero-order valence-corrected chi connectivity index (χ0v) is 32.6. The van der Waals surface area contributed by atoms with Gasteiger partial charge in [-0.2, -0.15) is 5.10 Å². The number of urea groups is 1. The number of rotatable bonds is 10. The van der Waals surface area contributed by atoms with Gasteiger partial charge in [-0.3, -0.25) is 23.9 Å². The third-order valence-electron chi connectivity index (χ3n) is 8.88. The van der Waals surface area contributed by atoms with Gasteiger partial charge in [-0.05, 0) is 82.2 Å². The van der Waals surface area contributed by atoms with Crippen LogP contribution in [0, 0.1) is 12.3 Å². The Bertz CT molecular complexity index is 1780. The van der Waals surface area contributed by atoms with E-state index in [4.69, 9.17) is 0 Å². The molecule has 6 N–H and O–H groups in total. The van der Waals surface area contributed by atoms with Gasteiger partial charge in [-0.25, -0.2) is 9.78 Å².